The van der Waals surface area contributed by atoms with E-state index < -0.39 is 0 Å². The molecule has 2 aliphatic heterocycles. The highest BCUT2D eigenvalue weighted by Gasteiger charge is 2.48. The lowest BCUT2D eigenvalue weighted by Crippen LogP contribution is -2.46. The van der Waals surface area contributed by atoms with E-state index in [0.717, 1.165) is 12.8 Å². The minimum Gasteiger partial charge on any atom is -0.458 e. The summed E-state index contributed by atoms with van der Waals surface area (Å²) in [6.45, 7) is 0. The van der Waals surface area contributed by atoms with E-state index in [2.05, 4.69) is 9.88 Å². The van der Waals surface area contributed by atoms with Gasteiger partial charge in [0.2, 0.25) is 0 Å². The molecule has 2 fully saturated rings. The second kappa shape index (κ2) is 6.64. The second-order valence-corrected chi connectivity index (χ2v) is 7.15. The molecule has 4 heterocycles. The summed E-state index contributed by atoms with van der Waals surface area (Å²) in [4.78, 5) is 29.8. The van der Waals surface area contributed by atoms with E-state index in [1.807, 2.05) is 26.4 Å². The zero-order chi connectivity index (χ0) is 18.3. The molecule has 0 aromatic carbocycles. The Kier molecular flexibility index (Phi) is 4.32. The van der Waals surface area contributed by atoms with Gasteiger partial charge in [-0.1, -0.05) is 0 Å². The summed E-state index contributed by atoms with van der Waals surface area (Å²) in [5.41, 5.74) is 1.01. The van der Waals surface area contributed by atoms with Crippen LogP contribution < -0.4 is 0 Å². The first kappa shape index (κ1) is 16.9. The van der Waals surface area contributed by atoms with Gasteiger partial charge in [-0.05, 0) is 31.3 Å². The molecule has 0 amide bonds. The predicted molar refractivity (Wildman–Crippen MR) is 93.8 cm³/mol. The van der Waals surface area contributed by atoms with Gasteiger partial charge in [-0.2, -0.15) is 0 Å². The van der Waals surface area contributed by atoms with Crippen molar-refractivity contribution in [1.29, 1.82) is 0 Å². The number of hydrogen-bond acceptors (Lipinski definition) is 5. The van der Waals surface area contributed by atoms with Crippen LogP contribution in [0.15, 0.2) is 36.7 Å². The topological polar surface area (TPSA) is 76.6 Å². The molecule has 2 aliphatic rings. The number of H-pyrrole nitrogens is 1. The zero-order valence-electron chi connectivity index (χ0n) is 14.9. The largest absolute Gasteiger partial charge is 0.458 e. The van der Waals surface area contributed by atoms with Gasteiger partial charge in [-0.15, -0.1) is 0 Å². The number of rotatable bonds is 4. The smallest absolute Gasteiger partial charge is 0.355 e. The normalized spacial score (nSPS) is 28.1. The van der Waals surface area contributed by atoms with Gasteiger partial charge < -0.3 is 19.0 Å². The average molecular weight is 357 g/mol. The van der Waals surface area contributed by atoms with Gasteiger partial charge in [0.25, 0.3) is 0 Å². The molecule has 4 atom stereocenters. The predicted octanol–water partition coefficient (Wildman–Crippen LogP) is 1.97. The molecule has 2 saturated heterocycles. The summed E-state index contributed by atoms with van der Waals surface area (Å²) in [5.74, 6) is -0.635. The molecule has 7 heteroatoms. The highest BCUT2D eigenvalue weighted by atomic mass is 16.6. The molecule has 0 aliphatic carbocycles. The molecule has 7 nitrogen and oxygen atoms in total. The van der Waals surface area contributed by atoms with E-state index in [0.29, 0.717) is 17.8 Å². The number of carbonyl (C=O) groups is 2. The summed E-state index contributed by atoms with van der Waals surface area (Å²) < 4.78 is 13.2. The molecule has 2 aromatic heterocycles. The average Bonchev–Trinajstić information content (AvgIpc) is 3.30. The monoisotopic (exact) mass is 357 g/mol. The number of aromatic amines is 1. The summed E-state index contributed by atoms with van der Waals surface area (Å²) in [5, 5.41) is 0. The van der Waals surface area contributed by atoms with Crippen LogP contribution in [0.25, 0.3) is 0 Å². The second-order valence-electron chi connectivity index (χ2n) is 7.15. The van der Waals surface area contributed by atoms with Crippen LogP contribution in [0.4, 0.5) is 0 Å². The zero-order valence-corrected chi connectivity index (χ0v) is 14.9. The minimum absolute atomic E-state index is 0.0684. The number of nitrogens with zero attached hydrogens (tertiary/aromatic N) is 2. The number of piperidine rings is 1. The molecule has 0 unspecified atom stereocenters. The lowest BCUT2D eigenvalue weighted by Gasteiger charge is -2.36. The first-order valence-corrected chi connectivity index (χ1v) is 8.91. The molecular weight excluding hydrogens is 334 g/mol. The summed E-state index contributed by atoms with van der Waals surface area (Å²) in [7, 11) is 3.87. The van der Waals surface area contributed by atoms with Crippen molar-refractivity contribution in [1.82, 2.24) is 14.5 Å². The molecule has 0 spiro atoms. The van der Waals surface area contributed by atoms with E-state index >= 15 is 0 Å². The van der Waals surface area contributed by atoms with E-state index in [4.69, 9.17) is 9.47 Å². The molecule has 26 heavy (non-hydrogen) atoms. The Morgan fingerprint density at radius 3 is 2.62 bits per heavy atom. The number of likely N-dealkylation sites (N-methyl/N-ethyl adjacent to an activating group) is 1. The van der Waals surface area contributed by atoms with Gasteiger partial charge in [0.1, 0.15) is 23.6 Å². The van der Waals surface area contributed by atoms with Crippen LogP contribution in [0.2, 0.25) is 0 Å². The lowest BCUT2D eigenvalue weighted by atomic mass is 10.00. The summed E-state index contributed by atoms with van der Waals surface area (Å²) in [6, 6.07) is 7.38. The fraction of sp³-hybridized carbons (Fsp3) is 0.474. The highest BCUT2D eigenvalue weighted by molar-refractivity contribution is 5.88. The standard InChI is InChI=1S/C19H23N3O4/c1-21-8-4-6-15(21)19(24)25-13-9-12-10-17(16(11-13)22(12)2)26-18(23)14-5-3-7-20-14/h3-8,12-13,16-17,20H,9-11H2,1-2H3/t12-,13+,16+,17+/m0/s1. The first-order valence-electron chi connectivity index (χ1n) is 8.91. The van der Waals surface area contributed by atoms with Crippen molar-refractivity contribution >= 4 is 11.9 Å². The van der Waals surface area contributed by atoms with Crippen LogP contribution >= 0.6 is 0 Å². The maximum atomic E-state index is 12.4. The van der Waals surface area contributed by atoms with Gasteiger partial charge >= 0.3 is 11.9 Å². The highest BCUT2D eigenvalue weighted by Crippen LogP contribution is 2.38. The number of ether oxygens (including phenoxy) is 2. The Hall–Kier alpha value is -2.54. The van der Waals surface area contributed by atoms with E-state index in [9.17, 15) is 9.59 Å². The Bertz CT molecular complexity index is 798. The van der Waals surface area contributed by atoms with Crippen molar-refractivity contribution in [3.63, 3.8) is 0 Å². The van der Waals surface area contributed by atoms with E-state index in [-0.39, 0.29) is 36.2 Å². The molecule has 138 valence electrons. The van der Waals surface area contributed by atoms with Crippen molar-refractivity contribution in [2.75, 3.05) is 7.05 Å². The molecule has 4 rings (SSSR count). The van der Waals surface area contributed by atoms with Gasteiger partial charge in [-0.25, -0.2) is 9.59 Å². The Labute approximate surface area is 151 Å². The van der Waals surface area contributed by atoms with Crippen molar-refractivity contribution in [2.24, 2.45) is 7.05 Å². The maximum absolute atomic E-state index is 12.4. The van der Waals surface area contributed by atoms with Crippen LogP contribution in [-0.4, -0.2) is 57.7 Å². The number of fused-ring (bicyclic) bond motifs is 2. The quantitative estimate of drug-likeness (QED) is 0.847. The first-order chi connectivity index (χ1) is 12.5. The SMILES string of the molecule is CN1[C@H]2C[C@@H](OC(=O)c3cccn3C)C[C@@H]1[C@H](OC(=O)c1ccc[nH]1)C2. The molecule has 0 radical (unpaired) electrons. The molecule has 2 aromatic rings. The van der Waals surface area contributed by atoms with Gasteiger partial charge in [0, 0.05) is 44.7 Å². The molecule has 2 bridgehead atoms. The van der Waals surface area contributed by atoms with Crippen molar-refractivity contribution in [3.8, 4) is 0 Å². The van der Waals surface area contributed by atoms with Crippen LogP contribution in [0.3, 0.4) is 0 Å². The number of hydrogen-bond donors (Lipinski definition) is 1. The fourth-order valence-corrected chi connectivity index (χ4v) is 4.14. The third-order valence-electron chi connectivity index (χ3n) is 5.57. The number of aryl methyl sites for hydroxylation is 1. The summed E-state index contributed by atoms with van der Waals surface area (Å²) >= 11 is 0. The van der Waals surface area contributed by atoms with Gasteiger partial charge in [0.15, 0.2) is 0 Å². The van der Waals surface area contributed by atoms with E-state index in [1.54, 1.807) is 29.0 Å². The third kappa shape index (κ3) is 3.03. The van der Waals surface area contributed by atoms with Crippen LogP contribution in [0.1, 0.15) is 40.2 Å². The Morgan fingerprint density at radius 2 is 1.92 bits per heavy atom. The minimum atomic E-state index is -0.335. The number of aromatic nitrogens is 2. The fourth-order valence-electron chi connectivity index (χ4n) is 4.14. The lowest BCUT2D eigenvalue weighted by molar-refractivity contribution is -0.0158. The molecular formula is C19H23N3O4. The van der Waals surface area contributed by atoms with Gasteiger partial charge in [0.05, 0.1) is 6.04 Å². The third-order valence-corrected chi connectivity index (χ3v) is 5.57. The Morgan fingerprint density at radius 1 is 1.08 bits per heavy atom. The number of nitrogens with one attached hydrogen (secondary N) is 1. The maximum Gasteiger partial charge on any atom is 0.355 e. The van der Waals surface area contributed by atoms with Crippen molar-refractivity contribution < 1.29 is 19.1 Å². The van der Waals surface area contributed by atoms with Crippen LogP contribution in [0.5, 0.6) is 0 Å². The number of esters is 2. The molecule has 1 N–H and O–H groups in total. The van der Waals surface area contributed by atoms with Gasteiger partial charge in [-0.3, -0.25) is 4.90 Å². The van der Waals surface area contributed by atoms with Crippen molar-refractivity contribution in [2.45, 2.75) is 43.6 Å². The number of carbonyl (C=O) groups excluding carboxylic acids is 2. The van der Waals surface area contributed by atoms with Crippen LogP contribution in [-0.2, 0) is 16.5 Å². The summed E-state index contributed by atoms with van der Waals surface area (Å²) in [6.07, 6.45) is 5.40. The van der Waals surface area contributed by atoms with Crippen molar-refractivity contribution in [3.05, 3.63) is 48.0 Å². The molecule has 0 saturated carbocycles. The van der Waals surface area contributed by atoms with E-state index in [1.165, 1.54) is 0 Å². The Balaban J connectivity index is 1.40. The van der Waals surface area contributed by atoms with Crippen LogP contribution in [0, 0.1) is 0 Å².